The van der Waals surface area contributed by atoms with Crippen LogP contribution < -0.4 is 5.32 Å². The van der Waals surface area contributed by atoms with E-state index in [0.717, 1.165) is 97.6 Å². The van der Waals surface area contributed by atoms with Gasteiger partial charge in [-0.05, 0) is 86.7 Å². The van der Waals surface area contributed by atoms with Gasteiger partial charge < -0.3 is 30.2 Å². The van der Waals surface area contributed by atoms with Crippen molar-refractivity contribution in [1.29, 1.82) is 0 Å². The zero-order valence-electron chi connectivity index (χ0n) is 31.6. The molecule has 2 fully saturated rings. The Bertz CT molecular complexity index is 1840. The lowest BCUT2D eigenvalue weighted by molar-refractivity contribution is -0.137. The van der Waals surface area contributed by atoms with Gasteiger partial charge in [0, 0.05) is 13.1 Å². The van der Waals surface area contributed by atoms with E-state index in [-0.39, 0.29) is 35.9 Å². The van der Waals surface area contributed by atoms with Gasteiger partial charge in [0.05, 0.1) is 41.9 Å². The summed E-state index contributed by atoms with van der Waals surface area (Å²) in [5, 5.41) is 11.7. The average molecular weight is 723 g/mol. The molecular weight excluding hydrogens is 669 g/mol. The molecule has 53 heavy (non-hydrogen) atoms. The molecule has 4 atom stereocenters. The van der Waals surface area contributed by atoms with Crippen LogP contribution in [-0.4, -0.2) is 95.9 Å². The van der Waals surface area contributed by atoms with Crippen molar-refractivity contribution in [3.63, 3.8) is 0 Å². The Hall–Kier alpha value is -4.97. The fourth-order valence-electron chi connectivity index (χ4n) is 7.91. The first-order valence-corrected chi connectivity index (χ1v) is 19.2. The molecule has 0 saturated carbocycles. The van der Waals surface area contributed by atoms with E-state index in [1.54, 1.807) is 11.1 Å². The molecule has 4 heterocycles. The number of amides is 3. The van der Waals surface area contributed by atoms with Crippen molar-refractivity contribution in [2.75, 3.05) is 26.2 Å². The standard InChI is InChI=1S/C41H54N8O4/c1-6-20-47(21-7-2)27(5)39(50)48-22-8-10-34(48)37-42-24-32(44-37)30-16-12-28(13-17-30)29-14-18-31(19-15-29)33-25-43-38(45-33)35-11-9-23-49(35)40(51)36(26(3)4)46-41(52)53/h12-19,24-27,34-36,46H,6-11,20-23H2,1-5H3,(H,42,44)(H,43,45)(H,52,53)/t27-,34+,35+,36+/m1/s1. The van der Waals surface area contributed by atoms with Crippen LogP contribution in [0.15, 0.2) is 60.9 Å². The Morgan fingerprint density at radius 3 is 1.60 bits per heavy atom. The summed E-state index contributed by atoms with van der Waals surface area (Å²) in [6.07, 6.45) is 8.00. The van der Waals surface area contributed by atoms with Crippen LogP contribution in [0, 0.1) is 5.92 Å². The lowest BCUT2D eigenvalue weighted by atomic mass is 10.0. The summed E-state index contributed by atoms with van der Waals surface area (Å²) in [5.74, 6) is 1.35. The number of aromatic nitrogens is 4. The van der Waals surface area contributed by atoms with E-state index in [4.69, 9.17) is 4.98 Å². The Morgan fingerprint density at radius 1 is 0.755 bits per heavy atom. The summed E-state index contributed by atoms with van der Waals surface area (Å²) in [6, 6.07) is 15.5. The molecular formula is C41H54N8O4. The van der Waals surface area contributed by atoms with E-state index in [1.165, 1.54) is 0 Å². The van der Waals surface area contributed by atoms with Crippen LogP contribution >= 0.6 is 0 Å². The summed E-state index contributed by atoms with van der Waals surface area (Å²) >= 11 is 0. The number of nitrogens with zero attached hydrogens (tertiary/aromatic N) is 5. The van der Waals surface area contributed by atoms with Crippen LogP contribution in [0.5, 0.6) is 0 Å². The number of carboxylic acid groups (broad SMARTS) is 1. The van der Waals surface area contributed by atoms with Crippen LogP contribution in [0.4, 0.5) is 4.79 Å². The predicted molar refractivity (Wildman–Crippen MR) is 206 cm³/mol. The molecule has 0 unspecified atom stereocenters. The highest BCUT2D eigenvalue weighted by Gasteiger charge is 2.38. The average Bonchev–Trinajstić information content (AvgIpc) is 3.99. The molecule has 0 bridgehead atoms. The number of aromatic amines is 2. The third kappa shape index (κ3) is 8.32. The van der Waals surface area contributed by atoms with E-state index in [9.17, 15) is 19.5 Å². The normalized spacial score (nSPS) is 18.5. The van der Waals surface area contributed by atoms with Crippen molar-refractivity contribution in [2.24, 2.45) is 5.92 Å². The number of H-pyrrole nitrogens is 2. The van der Waals surface area contributed by atoms with Crippen LogP contribution in [0.1, 0.15) is 96.9 Å². The van der Waals surface area contributed by atoms with E-state index >= 15 is 0 Å². The number of carbonyl (C=O) groups excluding carboxylic acids is 2. The van der Waals surface area contributed by atoms with Gasteiger partial charge >= 0.3 is 6.09 Å². The molecule has 4 N–H and O–H groups in total. The monoisotopic (exact) mass is 722 g/mol. The van der Waals surface area contributed by atoms with Gasteiger partial charge in [0.1, 0.15) is 17.7 Å². The largest absolute Gasteiger partial charge is 0.465 e. The first-order valence-electron chi connectivity index (χ1n) is 19.2. The van der Waals surface area contributed by atoms with Crippen molar-refractivity contribution in [1.82, 2.24) is 40.0 Å². The molecule has 2 aliphatic rings. The second-order valence-electron chi connectivity index (χ2n) is 14.8. The van der Waals surface area contributed by atoms with Crippen molar-refractivity contribution < 1.29 is 19.5 Å². The third-order valence-electron chi connectivity index (χ3n) is 10.8. The van der Waals surface area contributed by atoms with Gasteiger partial charge in [-0.15, -0.1) is 0 Å². The van der Waals surface area contributed by atoms with Gasteiger partial charge in [0.2, 0.25) is 11.8 Å². The summed E-state index contributed by atoms with van der Waals surface area (Å²) < 4.78 is 0. The van der Waals surface area contributed by atoms with Gasteiger partial charge in [0.15, 0.2) is 0 Å². The molecule has 2 aliphatic heterocycles. The van der Waals surface area contributed by atoms with Crippen molar-refractivity contribution in [2.45, 2.75) is 97.3 Å². The zero-order valence-corrected chi connectivity index (χ0v) is 31.6. The number of hydrogen-bond acceptors (Lipinski definition) is 6. The minimum Gasteiger partial charge on any atom is -0.465 e. The van der Waals surface area contributed by atoms with Crippen molar-refractivity contribution in [3.8, 4) is 33.6 Å². The van der Waals surface area contributed by atoms with Gasteiger partial charge in [-0.25, -0.2) is 14.8 Å². The SMILES string of the molecule is CCCN(CCC)[C@H](C)C(=O)N1CCC[C@H]1c1ncc(-c2ccc(-c3ccc(-c4cnc([C@@H]5CCCN5C(=O)[C@@H](NC(=O)O)C(C)C)[nH]4)cc3)cc2)[nH]1. The highest BCUT2D eigenvalue weighted by molar-refractivity contribution is 5.86. The third-order valence-corrected chi connectivity index (χ3v) is 10.8. The molecule has 6 rings (SSSR count). The van der Waals surface area contributed by atoms with Gasteiger partial charge in [-0.2, -0.15) is 0 Å². The summed E-state index contributed by atoms with van der Waals surface area (Å²) in [5.41, 5.74) is 5.98. The Morgan fingerprint density at radius 2 is 1.19 bits per heavy atom. The second kappa shape index (κ2) is 16.8. The number of imidazole rings is 2. The van der Waals surface area contributed by atoms with Crippen LogP contribution in [0.3, 0.4) is 0 Å². The summed E-state index contributed by atoms with van der Waals surface area (Å²) in [6.45, 7) is 13.2. The molecule has 2 saturated heterocycles. The molecule has 0 aliphatic carbocycles. The lowest BCUT2D eigenvalue weighted by Gasteiger charge is -2.33. The zero-order chi connectivity index (χ0) is 37.6. The van der Waals surface area contributed by atoms with Crippen LogP contribution in [-0.2, 0) is 9.59 Å². The number of rotatable bonds is 14. The van der Waals surface area contributed by atoms with E-state index in [0.29, 0.717) is 12.4 Å². The lowest BCUT2D eigenvalue weighted by Crippen LogP contribution is -2.50. The smallest absolute Gasteiger partial charge is 0.405 e. The van der Waals surface area contributed by atoms with Gasteiger partial charge in [0.25, 0.3) is 0 Å². The molecule has 4 aromatic rings. The van der Waals surface area contributed by atoms with Crippen molar-refractivity contribution in [3.05, 3.63) is 72.6 Å². The number of carbonyl (C=O) groups is 3. The maximum absolute atomic E-state index is 13.6. The molecule has 0 spiro atoms. The van der Waals surface area contributed by atoms with E-state index in [1.807, 2.05) is 31.9 Å². The van der Waals surface area contributed by atoms with E-state index < -0.39 is 12.1 Å². The highest BCUT2D eigenvalue weighted by Crippen LogP contribution is 2.35. The topological polar surface area (TPSA) is 151 Å². The Balaban J connectivity index is 1.10. The Kier molecular flexibility index (Phi) is 12.0. The van der Waals surface area contributed by atoms with Crippen LogP contribution in [0.2, 0.25) is 0 Å². The maximum Gasteiger partial charge on any atom is 0.405 e. The van der Waals surface area contributed by atoms with Gasteiger partial charge in [-0.1, -0.05) is 76.2 Å². The summed E-state index contributed by atoms with van der Waals surface area (Å²) in [7, 11) is 0. The molecule has 2 aromatic heterocycles. The van der Waals surface area contributed by atoms with E-state index in [2.05, 4.69) is 87.5 Å². The quantitative estimate of drug-likeness (QED) is 0.107. The fraction of sp³-hybridized carbons (Fsp3) is 0.488. The van der Waals surface area contributed by atoms with Crippen molar-refractivity contribution >= 4 is 17.9 Å². The second-order valence-corrected chi connectivity index (χ2v) is 14.8. The minimum atomic E-state index is -1.20. The summed E-state index contributed by atoms with van der Waals surface area (Å²) in [4.78, 5) is 60.8. The predicted octanol–water partition coefficient (Wildman–Crippen LogP) is 7.26. The Labute approximate surface area is 312 Å². The number of likely N-dealkylation sites (tertiary alicyclic amines) is 2. The number of benzene rings is 2. The molecule has 0 radical (unpaired) electrons. The first kappa shape index (κ1) is 37.8. The number of nitrogens with one attached hydrogen (secondary N) is 3. The van der Waals surface area contributed by atoms with Gasteiger partial charge in [-0.3, -0.25) is 14.5 Å². The maximum atomic E-state index is 13.6. The number of hydrogen-bond donors (Lipinski definition) is 4. The fourth-order valence-corrected chi connectivity index (χ4v) is 7.91. The molecule has 2 aromatic carbocycles. The molecule has 12 nitrogen and oxygen atoms in total. The van der Waals surface area contributed by atoms with Crippen LogP contribution in [0.25, 0.3) is 33.6 Å². The molecule has 282 valence electrons. The minimum absolute atomic E-state index is 0.0366. The first-order chi connectivity index (χ1) is 25.6. The molecule has 3 amide bonds. The molecule has 12 heteroatoms. The highest BCUT2D eigenvalue weighted by atomic mass is 16.4.